The van der Waals surface area contributed by atoms with Gasteiger partial charge < -0.3 is 15.3 Å². The summed E-state index contributed by atoms with van der Waals surface area (Å²) < 4.78 is 0. The maximum atomic E-state index is 11.9. The van der Waals surface area contributed by atoms with E-state index in [0.29, 0.717) is 18.8 Å². The predicted octanol–water partition coefficient (Wildman–Crippen LogP) is 0.578. The minimum Gasteiger partial charge on any atom is -0.395 e. The lowest BCUT2D eigenvalue weighted by atomic mass is 10.3. The number of aromatic nitrogens is 1. The van der Waals surface area contributed by atoms with E-state index in [1.165, 1.54) is 0 Å². The van der Waals surface area contributed by atoms with Gasteiger partial charge in [-0.1, -0.05) is 0 Å². The maximum absolute atomic E-state index is 11.9. The van der Waals surface area contributed by atoms with Crippen LogP contribution in [0, 0.1) is 0 Å². The van der Waals surface area contributed by atoms with E-state index in [1.54, 1.807) is 30.3 Å². The molecule has 1 heterocycles. The number of aliphatic hydroxyl groups is 1. The zero-order chi connectivity index (χ0) is 12.0. The van der Waals surface area contributed by atoms with E-state index in [4.69, 9.17) is 5.11 Å². The fraction of sp³-hybridized carbons (Fsp3) is 0.455. The first-order valence-corrected chi connectivity index (χ1v) is 5.26. The first-order valence-electron chi connectivity index (χ1n) is 5.26. The van der Waals surface area contributed by atoms with Crippen molar-refractivity contribution in [2.75, 3.05) is 32.1 Å². The molecule has 0 unspecified atom stereocenters. The number of rotatable bonds is 5. The summed E-state index contributed by atoms with van der Waals surface area (Å²) >= 11 is 0. The summed E-state index contributed by atoms with van der Waals surface area (Å²) in [5.41, 5.74) is 1.26. The summed E-state index contributed by atoms with van der Waals surface area (Å²) in [6.45, 7) is 2.74. The first kappa shape index (κ1) is 12.4. The molecule has 5 heteroatoms. The molecule has 0 aliphatic carbocycles. The van der Waals surface area contributed by atoms with E-state index in [9.17, 15) is 4.79 Å². The Morgan fingerprint density at radius 2 is 2.31 bits per heavy atom. The Balaban J connectivity index is 2.78. The van der Waals surface area contributed by atoms with Gasteiger partial charge in [-0.3, -0.25) is 4.79 Å². The molecule has 0 bridgehead atoms. The van der Waals surface area contributed by atoms with Crippen molar-refractivity contribution in [1.29, 1.82) is 0 Å². The van der Waals surface area contributed by atoms with Crippen LogP contribution in [0.25, 0.3) is 0 Å². The summed E-state index contributed by atoms with van der Waals surface area (Å²) in [7, 11) is 1.79. The number of hydrogen-bond acceptors (Lipinski definition) is 4. The molecule has 5 nitrogen and oxygen atoms in total. The van der Waals surface area contributed by atoms with Crippen LogP contribution < -0.4 is 5.32 Å². The average Bonchev–Trinajstić information content (AvgIpc) is 2.35. The van der Waals surface area contributed by atoms with Gasteiger partial charge in [-0.15, -0.1) is 0 Å². The molecule has 0 aromatic carbocycles. The van der Waals surface area contributed by atoms with Gasteiger partial charge in [0, 0.05) is 20.1 Å². The largest absolute Gasteiger partial charge is 0.395 e. The number of aliphatic hydroxyl groups excluding tert-OH is 1. The molecule has 2 N–H and O–H groups in total. The van der Waals surface area contributed by atoms with E-state index < -0.39 is 0 Å². The fourth-order valence-electron chi connectivity index (χ4n) is 1.35. The van der Waals surface area contributed by atoms with Crippen molar-refractivity contribution < 1.29 is 9.90 Å². The van der Waals surface area contributed by atoms with Crippen LogP contribution in [0.4, 0.5) is 5.69 Å². The fourth-order valence-corrected chi connectivity index (χ4v) is 1.35. The third kappa shape index (κ3) is 2.93. The molecule has 0 radical (unpaired) electrons. The highest BCUT2D eigenvalue weighted by Crippen LogP contribution is 2.07. The summed E-state index contributed by atoms with van der Waals surface area (Å²) in [6, 6.07) is 3.47. The van der Waals surface area contributed by atoms with Crippen molar-refractivity contribution in [3.8, 4) is 0 Å². The molecule has 0 aliphatic heterocycles. The lowest BCUT2D eigenvalue weighted by Crippen LogP contribution is -2.33. The minimum absolute atomic E-state index is 0.0336. The normalized spacial score (nSPS) is 9.94. The lowest BCUT2D eigenvalue weighted by molar-refractivity contribution is 0.0726. The molecule has 16 heavy (non-hydrogen) atoms. The molecule has 0 fully saturated rings. The average molecular weight is 223 g/mol. The standard InChI is InChI=1S/C11H17N3O2/c1-3-14(6-7-15)11(16)10-5-4-9(12-2)8-13-10/h4-5,8,12,15H,3,6-7H2,1-2H3. The Kier molecular flexibility index (Phi) is 4.72. The summed E-state index contributed by atoms with van der Waals surface area (Å²) in [4.78, 5) is 17.5. The monoisotopic (exact) mass is 223 g/mol. The molecule has 1 aromatic heterocycles. The molecule has 88 valence electrons. The minimum atomic E-state index is -0.154. The molecule has 0 saturated carbocycles. The number of hydrogen-bond donors (Lipinski definition) is 2. The molecule has 1 amide bonds. The van der Waals surface area contributed by atoms with Gasteiger partial charge in [0.25, 0.3) is 5.91 Å². The quantitative estimate of drug-likeness (QED) is 0.766. The van der Waals surface area contributed by atoms with Crippen LogP contribution in [-0.4, -0.2) is 47.6 Å². The van der Waals surface area contributed by atoms with Crippen LogP contribution in [0.1, 0.15) is 17.4 Å². The molecule has 1 rings (SSSR count). The van der Waals surface area contributed by atoms with E-state index in [2.05, 4.69) is 10.3 Å². The van der Waals surface area contributed by atoms with Crippen molar-refractivity contribution in [1.82, 2.24) is 9.88 Å². The van der Waals surface area contributed by atoms with Gasteiger partial charge in [0.2, 0.25) is 0 Å². The van der Waals surface area contributed by atoms with Crippen LogP contribution in [-0.2, 0) is 0 Å². The topological polar surface area (TPSA) is 65.5 Å². The molecule has 0 saturated heterocycles. The molecule has 0 aliphatic rings. The zero-order valence-corrected chi connectivity index (χ0v) is 9.60. The SMILES string of the molecule is CCN(CCO)C(=O)c1ccc(NC)cn1. The molecule has 1 aromatic rings. The Morgan fingerprint density at radius 3 is 2.75 bits per heavy atom. The van der Waals surface area contributed by atoms with E-state index in [1.807, 2.05) is 6.92 Å². The third-order valence-electron chi connectivity index (χ3n) is 2.31. The van der Waals surface area contributed by atoms with Crippen molar-refractivity contribution in [3.05, 3.63) is 24.0 Å². The third-order valence-corrected chi connectivity index (χ3v) is 2.31. The van der Waals surface area contributed by atoms with Gasteiger partial charge in [0.05, 0.1) is 18.5 Å². The lowest BCUT2D eigenvalue weighted by Gasteiger charge is -2.19. The van der Waals surface area contributed by atoms with Crippen molar-refractivity contribution >= 4 is 11.6 Å². The summed E-state index contributed by atoms with van der Waals surface area (Å²) in [5, 5.41) is 11.8. The highest BCUT2D eigenvalue weighted by atomic mass is 16.3. The van der Waals surface area contributed by atoms with Crippen LogP contribution in [0.15, 0.2) is 18.3 Å². The smallest absolute Gasteiger partial charge is 0.272 e. The molecule has 0 atom stereocenters. The van der Waals surface area contributed by atoms with E-state index in [0.717, 1.165) is 5.69 Å². The van der Waals surface area contributed by atoms with Gasteiger partial charge in [0.15, 0.2) is 0 Å². The number of amides is 1. The first-order chi connectivity index (χ1) is 7.72. The van der Waals surface area contributed by atoms with E-state index >= 15 is 0 Å². The molecular formula is C11H17N3O2. The van der Waals surface area contributed by atoms with Crippen LogP contribution in [0.5, 0.6) is 0 Å². The number of likely N-dealkylation sites (N-methyl/N-ethyl adjacent to an activating group) is 1. The number of pyridine rings is 1. The number of nitrogens with zero attached hydrogens (tertiary/aromatic N) is 2. The van der Waals surface area contributed by atoms with Crippen LogP contribution >= 0.6 is 0 Å². The molecular weight excluding hydrogens is 206 g/mol. The number of carbonyl (C=O) groups excluding carboxylic acids is 1. The predicted molar refractivity (Wildman–Crippen MR) is 62.4 cm³/mol. The van der Waals surface area contributed by atoms with Gasteiger partial charge >= 0.3 is 0 Å². The van der Waals surface area contributed by atoms with Gasteiger partial charge in [-0.25, -0.2) is 4.98 Å². The maximum Gasteiger partial charge on any atom is 0.272 e. The van der Waals surface area contributed by atoms with Crippen molar-refractivity contribution in [3.63, 3.8) is 0 Å². The van der Waals surface area contributed by atoms with E-state index in [-0.39, 0.29) is 12.5 Å². The Labute approximate surface area is 95.1 Å². The second-order valence-corrected chi connectivity index (χ2v) is 3.29. The number of anilines is 1. The summed E-state index contributed by atoms with van der Waals surface area (Å²) in [5.74, 6) is -0.154. The second kappa shape index (κ2) is 6.07. The number of nitrogens with one attached hydrogen (secondary N) is 1. The highest BCUT2D eigenvalue weighted by Gasteiger charge is 2.14. The van der Waals surface area contributed by atoms with Gasteiger partial charge in [-0.2, -0.15) is 0 Å². The Bertz CT molecular complexity index is 338. The second-order valence-electron chi connectivity index (χ2n) is 3.29. The Hall–Kier alpha value is -1.62. The van der Waals surface area contributed by atoms with Crippen LogP contribution in [0.3, 0.4) is 0 Å². The summed E-state index contributed by atoms with van der Waals surface area (Å²) in [6.07, 6.45) is 1.61. The van der Waals surface area contributed by atoms with Gasteiger partial charge in [-0.05, 0) is 19.1 Å². The van der Waals surface area contributed by atoms with Crippen molar-refractivity contribution in [2.24, 2.45) is 0 Å². The Morgan fingerprint density at radius 1 is 1.56 bits per heavy atom. The molecule has 0 spiro atoms. The number of carbonyl (C=O) groups is 1. The van der Waals surface area contributed by atoms with Gasteiger partial charge in [0.1, 0.15) is 5.69 Å². The van der Waals surface area contributed by atoms with Crippen LogP contribution in [0.2, 0.25) is 0 Å². The zero-order valence-electron chi connectivity index (χ0n) is 9.60. The van der Waals surface area contributed by atoms with Crippen molar-refractivity contribution in [2.45, 2.75) is 6.92 Å². The highest BCUT2D eigenvalue weighted by molar-refractivity contribution is 5.92.